The van der Waals surface area contributed by atoms with Crippen molar-refractivity contribution < 1.29 is 19.7 Å². The van der Waals surface area contributed by atoms with Gasteiger partial charge in [-0.3, -0.25) is 4.79 Å². The molecular weight excluding hydrogens is 356 g/mol. The highest BCUT2D eigenvalue weighted by molar-refractivity contribution is 6.30. The number of methoxy groups -OCH3 is 1. The van der Waals surface area contributed by atoms with Gasteiger partial charge in [0.05, 0.1) is 18.7 Å². The molecule has 2 bridgehead atoms. The van der Waals surface area contributed by atoms with E-state index in [1.807, 2.05) is 0 Å². The summed E-state index contributed by atoms with van der Waals surface area (Å²) >= 11 is 5.99. The first-order chi connectivity index (χ1) is 12.5. The quantitative estimate of drug-likeness (QED) is 0.521. The Morgan fingerprint density at radius 3 is 2.88 bits per heavy atom. The number of carbonyl (C=O) groups excluding carboxylic acids is 1. The first-order valence-corrected chi connectivity index (χ1v) is 9.32. The van der Waals surface area contributed by atoms with Gasteiger partial charge in [-0.05, 0) is 36.5 Å². The number of aliphatic hydroxyl groups excluding tert-OH is 2. The molecule has 6 nitrogen and oxygen atoms in total. The number of amides is 1. The summed E-state index contributed by atoms with van der Waals surface area (Å²) in [6, 6.07) is 5.10. The van der Waals surface area contributed by atoms with Crippen LogP contribution in [0.4, 0.5) is 5.69 Å². The molecule has 26 heavy (non-hydrogen) atoms. The summed E-state index contributed by atoms with van der Waals surface area (Å²) in [6.07, 6.45) is 3.86. The fourth-order valence-electron chi connectivity index (χ4n) is 4.69. The lowest BCUT2D eigenvalue weighted by molar-refractivity contribution is -0.136. The molecule has 0 radical (unpaired) electrons. The van der Waals surface area contributed by atoms with Crippen LogP contribution in [0, 0.1) is 23.7 Å². The van der Waals surface area contributed by atoms with Crippen LogP contribution in [-0.2, 0) is 4.79 Å². The Morgan fingerprint density at radius 2 is 2.15 bits per heavy atom. The van der Waals surface area contributed by atoms with E-state index in [1.54, 1.807) is 25.3 Å². The maximum absolute atomic E-state index is 12.7. The van der Waals surface area contributed by atoms with Crippen molar-refractivity contribution in [2.24, 2.45) is 23.7 Å². The molecule has 1 amide bonds. The molecule has 6 atom stereocenters. The third-order valence-corrected chi connectivity index (χ3v) is 6.11. The predicted molar refractivity (Wildman–Crippen MR) is 97.7 cm³/mol. The molecular formula is C19H23ClN2O4. The lowest BCUT2D eigenvalue weighted by Gasteiger charge is -2.26. The zero-order chi connectivity index (χ0) is 18.4. The third kappa shape index (κ3) is 2.86. The van der Waals surface area contributed by atoms with Gasteiger partial charge in [-0.15, -0.1) is 0 Å². The Morgan fingerprint density at radius 1 is 1.38 bits per heavy atom. The molecule has 7 heteroatoms. The van der Waals surface area contributed by atoms with Crippen LogP contribution in [0.1, 0.15) is 12.8 Å². The van der Waals surface area contributed by atoms with Crippen molar-refractivity contribution in [3.63, 3.8) is 0 Å². The van der Waals surface area contributed by atoms with Gasteiger partial charge in [0.1, 0.15) is 18.2 Å². The highest BCUT2D eigenvalue weighted by Crippen LogP contribution is 2.53. The number of fused-ring (bicyclic) bond motifs is 5. The largest absolute Gasteiger partial charge is 0.495 e. The number of hydrogen-bond acceptors (Lipinski definition) is 5. The molecule has 1 saturated heterocycles. The first kappa shape index (κ1) is 17.6. The lowest BCUT2D eigenvalue weighted by Crippen LogP contribution is -2.39. The molecule has 2 aliphatic carbocycles. The van der Waals surface area contributed by atoms with Crippen LogP contribution >= 0.6 is 11.6 Å². The molecule has 3 aliphatic rings. The van der Waals surface area contributed by atoms with Crippen LogP contribution < -0.4 is 10.1 Å². The predicted octanol–water partition coefficient (Wildman–Crippen LogP) is 2.07. The summed E-state index contributed by atoms with van der Waals surface area (Å²) in [6.45, 7) is 0.295. The fourth-order valence-corrected chi connectivity index (χ4v) is 4.86. The summed E-state index contributed by atoms with van der Waals surface area (Å²) in [5.41, 5.74) is 0.583. The third-order valence-electron chi connectivity index (χ3n) is 5.88. The number of nitrogens with one attached hydrogen (secondary N) is 1. The van der Waals surface area contributed by atoms with Gasteiger partial charge in [0.15, 0.2) is 0 Å². The summed E-state index contributed by atoms with van der Waals surface area (Å²) in [7, 11) is 1.54. The summed E-state index contributed by atoms with van der Waals surface area (Å²) < 4.78 is 5.25. The topological polar surface area (TPSA) is 82.0 Å². The van der Waals surface area contributed by atoms with Crippen molar-refractivity contribution in [1.29, 1.82) is 0 Å². The number of aliphatic hydroxyl groups is 2. The smallest absolute Gasteiger partial charge is 0.228 e. The Hall–Kier alpha value is -1.76. The Kier molecular flexibility index (Phi) is 4.59. The van der Waals surface area contributed by atoms with Crippen LogP contribution in [0.15, 0.2) is 30.4 Å². The second-order valence-corrected chi connectivity index (χ2v) is 7.73. The van der Waals surface area contributed by atoms with Gasteiger partial charge in [-0.25, -0.2) is 0 Å². The number of ether oxygens (including phenoxy) is 1. The summed E-state index contributed by atoms with van der Waals surface area (Å²) in [5, 5.41) is 24.4. The van der Waals surface area contributed by atoms with Crippen molar-refractivity contribution in [3.05, 3.63) is 35.4 Å². The molecule has 1 aliphatic heterocycles. The van der Waals surface area contributed by atoms with E-state index in [2.05, 4.69) is 17.5 Å². The highest BCUT2D eigenvalue weighted by atomic mass is 35.5. The molecule has 1 aromatic carbocycles. The molecule has 3 N–H and O–H groups in total. The number of benzene rings is 1. The van der Waals surface area contributed by atoms with Crippen LogP contribution in [0.5, 0.6) is 5.75 Å². The molecule has 1 aromatic rings. The maximum Gasteiger partial charge on any atom is 0.228 e. The average Bonchev–Trinajstić information content (AvgIpc) is 3.28. The van der Waals surface area contributed by atoms with Gasteiger partial charge in [0.2, 0.25) is 5.91 Å². The van der Waals surface area contributed by atoms with E-state index in [4.69, 9.17) is 16.3 Å². The van der Waals surface area contributed by atoms with Crippen molar-refractivity contribution in [2.45, 2.75) is 25.3 Å². The van der Waals surface area contributed by atoms with Gasteiger partial charge in [0.25, 0.3) is 0 Å². The summed E-state index contributed by atoms with van der Waals surface area (Å²) in [4.78, 5) is 14.2. The standard InChI is InChI=1S/C19H23ClN2O4/c1-26-14-5-4-12(20)9-13(14)21-15(23)6-7-22-18(24)16-10-2-3-11(8-10)17(16)19(22)25/h2-5,9-11,15-18,21,23-24H,6-8H2,1H3. The number of carbonyl (C=O) groups is 1. The van der Waals surface area contributed by atoms with Gasteiger partial charge in [0, 0.05) is 23.9 Å². The highest BCUT2D eigenvalue weighted by Gasteiger charge is 2.58. The second kappa shape index (κ2) is 6.76. The SMILES string of the molecule is COc1ccc(Cl)cc1NC(O)CCN1C(=O)C2C3C=CC(C3)C2C1O. The monoisotopic (exact) mass is 378 g/mol. The number of nitrogens with zero attached hydrogens (tertiary/aromatic N) is 1. The number of rotatable bonds is 6. The average molecular weight is 379 g/mol. The second-order valence-electron chi connectivity index (χ2n) is 7.29. The number of allylic oxidation sites excluding steroid dienone is 2. The van der Waals surface area contributed by atoms with Crippen LogP contribution in [-0.4, -0.2) is 47.1 Å². The van der Waals surface area contributed by atoms with E-state index in [0.717, 1.165) is 6.42 Å². The van der Waals surface area contributed by atoms with Crippen molar-refractivity contribution in [1.82, 2.24) is 4.90 Å². The molecule has 2 fully saturated rings. The number of hydrogen-bond donors (Lipinski definition) is 3. The van der Waals surface area contributed by atoms with Crippen LogP contribution in [0.2, 0.25) is 5.02 Å². The first-order valence-electron chi connectivity index (χ1n) is 8.94. The minimum atomic E-state index is -0.891. The normalized spacial score (nSPS) is 32.8. The van der Waals surface area contributed by atoms with Gasteiger partial charge >= 0.3 is 0 Å². The lowest BCUT2D eigenvalue weighted by atomic mass is 9.85. The molecule has 1 saturated carbocycles. The Labute approximate surface area is 157 Å². The number of likely N-dealkylation sites (tertiary alicyclic amines) is 1. The zero-order valence-corrected chi connectivity index (χ0v) is 15.3. The van der Waals surface area contributed by atoms with E-state index in [9.17, 15) is 15.0 Å². The maximum atomic E-state index is 12.7. The van der Waals surface area contributed by atoms with Gasteiger partial charge < -0.3 is 25.2 Å². The molecule has 0 aromatic heterocycles. The summed E-state index contributed by atoms with van der Waals surface area (Å²) in [5.74, 6) is 1.03. The number of halogens is 1. The van der Waals surface area contributed by atoms with E-state index in [0.29, 0.717) is 35.3 Å². The van der Waals surface area contributed by atoms with Crippen molar-refractivity contribution >= 4 is 23.2 Å². The minimum Gasteiger partial charge on any atom is -0.495 e. The van der Waals surface area contributed by atoms with Crippen molar-refractivity contribution in [3.8, 4) is 5.75 Å². The van der Waals surface area contributed by atoms with Crippen LogP contribution in [0.3, 0.4) is 0 Å². The van der Waals surface area contributed by atoms with E-state index in [1.165, 1.54) is 4.90 Å². The van der Waals surface area contributed by atoms with Gasteiger partial charge in [-0.1, -0.05) is 23.8 Å². The molecule has 4 rings (SSSR count). The molecule has 1 heterocycles. The van der Waals surface area contributed by atoms with E-state index >= 15 is 0 Å². The zero-order valence-electron chi connectivity index (χ0n) is 14.5. The van der Waals surface area contributed by atoms with Crippen molar-refractivity contribution in [2.75, 3.05) is 19.0 Å². The molecule has 0 spiro atoms. The van der Waals surface area contributed by atoms with Crippen LogP contribution in [0.25, 0.3) is 0 Å². The van der Waals surface area contributed by atoms with Gasteiger partial charge in [-0.2, -0.15) is 0 Å². The fraction of sp³-hybridized carbons (Fsp3) is 0.526. The van der Waals surface area contributed by atoms with E-state index in [-0.39, 0.29) is 23.7 Å². The molecule has 140 valence electrons. The molecule has 6 unspecified atom stereocenters. The minimum absolute atomic E-state index is 0.00405. The number of anilines is 1. The Balaban J connectivity index is 1.37. The Bertz CT molecular complexity index is 740. The van der Waals surface area contributed by atoms with E-state index < -0.39 is 12.5 Å².